The second-order valence-electron chi connectivity index (χ2n) is 4.74. The molecule has 0 aliphatic rings. The molecule has 1 heterocycles. The fourth-order valence-corrected chi connectivity index (χ4v) is 1.48. The second kappa shape index (κ2) is 5.99. The van der Waals surface area contributed by atoms with E-state index in [1.807, 2.05) is 34.0 Å². The maximum Gasteiger partial charge on any atom is 0.408 e. The minimum atomic E-state index is -0.516. The lowest BCUT2D eigenvalue weighted by atomic mass is 10.2. The number of hydrogen-bond acceptors (Lipinski definition) is 6. The first-order valence-electron chi connectivity index (χ1n) is 5.55. The summed E-state index contributed by atoms with van der Waals surface area (Å²) in [6.45, 7) is 7.26. The molecule has 18 heavy (non-hydrogen) atoms. The van der Waals surface area contributed by atoms with Crippen molar-refractivity contribution in [2.45, 2.75) is 44.5 Å². The summed E-state index contributed by atoms with van der Waals surface area (Å²) in [6, 6.07) is -0.277. The number of ether oxygens (including phenoxy) is 1. The second-order valence-corrected chi connectivity index (χ2v) is 5.51. The van der Waals surface area contributed by atoms with Gasteiger partial charge in [0.1, 0.15) is 5.60 Å². The monoisotopic (exact) mass is 270 g/mol. The molecule has 1 N–H and O–H groups in total. The van der Waals surface area contributed by atoms with Crippen LogP contribution < -0.4 is 5.32 Å². The van der Waals surface area contributed by atoms with Gasteiger partial charge in [0.2, 0.25) is 5.16 Å². The van der Waals surface area contributed by atoms with Gasteiger partial charge in [-0.1, -0.05) is 11.8 Å². The summed E-state index contributed by atoms with van der Waals surface area (Å²) in [5.74, 6) is 0. The standard InChI is InChI=1S/C11H18N4O2S/c1-7(13-10(16)17-11(2,3)4)8-6-12-15-9(14-8)18-5/h6-7H,1-5H3,(H,13,16). The van der Waals surface area contributed by atoms with Crippen LogP contribution in [0.1, 0.15) is 39.4 Å². The summed E-state index contributed by atoms with van der Waals surface area (Å²) >= 11 is 1.40. The molecule has 0 saturated heterocycles. The summed E-state index contributed by atoms with van der Waals surface area (Å²) in [4.78, 5) is 15.9. The largest absolute Gasteiger partial charge is 0.444 e. The normalized spacial score (nSPS) is 12.9. The van der Waals surface area contributed by atoms with E-state index in [4.69, 9.17) is 4.74 Å². The Morgan fingerprint density at radius 2 is 2.17 bits per heavy atom. The number of carbonyl (C=O) groups is 1. The molecule has 0 saturated carbocycles. The highest BCUT2D eigenvalue weighted by atomic mass is 32.2. The zero-order valence-corrected chi connectivity index (χ0v) is 12.0. The van der Waals surface area contributed by atoms with E-state index in [9.17, 15) is 4.79 Å². The summed E-state index contributed by atoms with van der Waals surface area (Å²) in [5, 5.41) is 10.9. The Bertz CT molecular complexity index is 420. The Kier molecular flexibility index (Phi) is 4.89. The van der Waals surface area contributed by atoms with Gasteiger partial charge in [0.15, 0.2) is 0 Å². The SMILES string of the molecule is CSc1nncc(C(C)NC(=O)OC(C)(C)C)n1. The van der Waals surface area contributed by atoms with Gasteiger partial charge in [-0.2, -0.15) is 5.10 Å². The lowest BCUT2D eigenvalue weighted by Gasteiger charge is -2.21. The molecule has 0 fully saturated rings. The molecular weight excluding hydrogens is 252 g/mol. The Morgan fingerprint density at radius 1 is 1.50 bits per heavy atom. The van der Waals surface area contributed by atoms with Gasteiger partial charge in [0.25, 0.3) is 0 Å². The molecule has 1 aromatic rings. The van der Waals surface area contributed by atoms with Gasteiger partial charge in [-0.3, -0.25) is 0 Å². The van der Waals surface area contributed by atoms with Crippen LogP contribution in [-0.4, -0.2) is 33.1 Å². The quantitative estimate of drug-likeness (QED) is 0.848. The summed E-state index contributed by atoms with van der Waals surface area (Å²) in [6.07, 6.45) is 2.92. The number of rotatable bonds is 3. The molecule has 1 atom stereocenters. The van der Waals surface area contributed by atoms with E-state index in [0.717, 1.165) is 0 Å². The average molecular weight is 270 g/mol. The summed E-state index contributed by atoms with van der Waals surface area (Å²) in [5.41, 5.74) is 0.137. The molecule has 100 valence electrons. The van der Waals surface area contributed by atoms with Crippen molar-refractivity contribution < 1.29 is 9.53 Å². The number of alkyl carbamates (subject to hydrolysis) is 1. The molecule has 0 aromatic carbocycles. The molecule has 0 radical (unpaired) electrons. The predicted octanol–water partition coefficient (Wildman–Crippen LogP) is 2.18. The average Bonchev–Trinajstić information content (AvgIpc) is 2.26. The van der Waals surface area contributed by atoms with E-state index in [0.29, 0.717) is 10.9 Å². The van der Waals surface area contributed by atoms with Gasteiger partial charge >= 0.3 is 6.09 Å². The number of thioether (sulfide) groups is 1. The van der Waals surface area contributed by atoms with Gasteiger partial charge in [-0.15, -0.1) is 5.10 Å². The molecule has 0 bridgehead atoms. The minimum absolute atomic E-state index is 0.277. The van der Waals surface area contributed by atoms with E-state index in [1.54, 1.807) is 0 Å². The Morgan fingerprint density at radius 3 is 2.72 bits per heavy atom. The lowest BCUT2D eigenvalue weighted by molar-refractivity contribution is 0.0506. The number of carbonyl (C=O) groups excluding carboxylic acids is 1. The van der Waals surface area contributed by atoms with Gasteiger partial charge in [0, 0.05) is 0 Å². The van der Waals surface area contributed by atoms with Crippen molar-refractivity contribution in [3.8, 4) is 0 Å². The number of hydrogen-bond donors (Lipinski definition) is 1. The van der Waals surface area contributed by atoms with Crippen LogP contribution in [0.4, 0.5) is 4.79 Å². The van der Waals surface area contributed by atoms with Crippen molar-refractivity contribution in [1.29, 1.82) is 0 Å². The van der Waals surface area contributed by atoms with E-state index >= 15 is 0 Å². The first kappa shape index (κ1) is 14.7. The van der Waals surface area contributed by atoms with Crippen LogP contribution in [0.2, 0.25) is 0 Å². The Labute approximate surface area is 111 Å². The maximum atomic E-state index is 11.6. The number of aromatic nitrogens is 3. The zero-order chi connectivity index (χ0) is 13.8. The van der Waals surface area contributed by atoms with E-state index in [-0.39, 0.29) is 6.04 Å². The van der Waals surface area contributed by atoms with Crippen molar-refractivity contribution >= 4 is 17.9 Å². The highest BCUT2D eigenvalue weighted by molar-refractivity contribution is 7.98. The molecule has 0 aliphatic heterocycles. The van der Waals surface area contributed by atoms with Crippen molar-refractivity contribution in [3.63, 3.8) is 0 Å². The van der Waals surface area contributed by atoms with E-state index in [2.05, 4.69) is 20.5 Å². The molecule has 1 aromatic heterocycles. The maximum absolute atomic E-state index is 11.6. The van der Waals surface area contributed by atoms with Crippen molar-refractivity contribution in [1.82, 2.24) is 20.5 Å². The van der Waals surface area contributed by atoms with Gasteiger partial charge in [-0.25, -0.2) is 9.78 Å². The van der Waals surface area contributed by atoms with Gasteiger partial charge in [0.05, 0.1) is 17.9 Å². The van der Waals surface area contributed by atoms with E-state index in [1.165, 1.54) is 18.0 Å². The number of amides is 1. The Hall–Kier alpha value is -1.37. The summed E-state index contributed by atoms with van der Waals surface area (Å²) < 4.78 is 5.17. The van der Waals surface area contributed by atoms with Gasteiger partial charge < -0.3 is 10.1 Å². The third kappa shape index (κ3) is 4.87. The van der Waals surface area contributed by atoms with Crippen molar-refractivity contribution in [2.24, 2.45) is 0 Å². The molecule has 0 aliphatic carbocycles. The Balaban J connectivity index is 2.64. The number of nitrogens with one attached hydrogen (secondary N) is 1. The molecular formula is C11H18N4O2S. The van der Waals surface area contributed by atoms with Crippen molar-refractivity contribution in [2.75, 3.05) is 6.26 Å². The van der Waals surface area contributed by atoms with Crippen LogP contribution in [0.5, 0.6) is 0 Å². The molecule has 1 rings (SSSR count). The van der Waals surface area contributed by atoms with Gasteiger partial charge in [-0.05, 0) is 34.0 Å². The predicted molar refractivity (Wildman–Crippen MR) is 69.4 cm³/mol. The highest BCUT2D eigenvalue weighted by Crippen LogP contribution is 2.13. The highest BCUT2D eigenvalue weighted by Gasteiger charge is 2.19. The van der Waals surface area contributed by atoms with E-state index < -0.39 is 11.7 Å². The third-order valence-corrected chi connectivity index (χ3v) is 2.46. The van der Waals surface area contributed by atoms with Crippen LogP contribution in [0.15, 0.2) is 11.4 Å². The zero-order valence-electron chi connectivity index (χ0n) is 11.2. The minimum Gasteiger partial charge on any atom is -0.444 e. The fraction of sp³-hybridized carbons (Fsp3) is 0.636. The molecule has 1 amide bonds. The lowest BCUT2D eigenvalue weighted by Crippen LogP contribution is -2.34. The summed E-state index contributed by atoms with van der Waals surface area (Å²) in [7, 11) is 0. The van der Waals surface area contributed by atoms with Crippen LogP contribution in [0, 0.1) is 0 Å². The smallest absolute Gasteiger partial charge is 0.408 e. The van der Waals surface area contributed by atoms with Crippen molar-refractivity contribution in [3.05, 3.63) is 11.9 Å². The fourth-order valence-electron chi connectivity index (χ4n) is 1.15. The molecule has 1 unspecified atom stereocenters. The van der Waals surface area contributed by atoms with Crippen LogP contribution >= 0.6 is 11.8 Å². The molecule has 6 nitrogen and oxygen atoms in total. The number of nitrogens with zero attached hydrogens (tertiary/aromatic N) is 3. The first-order chi connectivity index (χ1) is 8.31. The van der Waals surface area contributed by atoms with Crippen LogP contribution in [-0.2, 0) is 4.74 Å². The van der Waals surface area contributed by atoms with Crippen LogP contribution in [0.25, 0.3) is 0 Å². The first-order valence-corrected chi connectivity index (χ1v) is 6.77. The topological polar surface area (TPSA) is 77.0 Å². The third-order valence-electron chi connectivity index (χ3n) is 1.92. The van der Waals surface area contributed by atoms with Crippen LogP contribution in [0.3, 0.4) is 0 Å². The molecule has 7 heteroatoms. The molecule has 0 spiro atoms.